The zero-order chi connectivity index (χ0) is 18.4. The van der Waals surface area contributed by atoms with Crippen molar-refractivity contribution in [2.75, 3.05) is 12.8 Å². The van der Waals surface area contributed by atoms with E-state index in [4.69, 9.17) is 0 Å². The van der Waals surface area contributed by atoms with Gasteiger partial charge in [-0.25, -0.2) is 8.42 Å². The smallest absolute Gasteiger partial charge is 0.151 e. The average Bonchev–Trinajstić information content (AvgIpc) is 2.54. The zero-order valence-electron chi connectivity index (χ0n) is 14.5. The van der Waals surface area contributed by atoms with Gasteiger partial charge in [-0.2, -0.15) is 0 Å². The first-order valence-electron chi connectivity index (χ1n) is 8.19. The summed E-state index contributed by atoms with van der Waals surface area (Å²) >= 11 is 0. The Balaban J connectivity index is 1.96. The molecule has 0 amide bonds. The van der Waals surface area contributed by atoms with E-state index in [1.165, 1.54) is 11.6 Å². The Kier molecular flexibility index (Phi) is 6.58. The van der Waals surface area contributed by atoms with Crippen molar-refractivity contribution in [2.45, 2.75) is 31.2 Å². The van der Waals surface area contributed by atoms with Crippen LogP contribution in [0.1, 0.15) is 29.7 Å². The van der Waals surface area contributed by atoms with Crippen LogP contribution in [0.5, 0.6) is 5.75 Å². The summed E-state index contributed by atoms with van der Waals surface area (Å²) in [5.41, 5.74) is 2.10. The van der Waals surface area contributed by atoms with E-state index in [-0.39, 0.29) is 17.5 Å². The number of phenolic OH excluding ortho intramolecular Hbond substituents is 1. The molecule has 0 saturated heterocycles. The topological polar surface area (TPSA) is 86.6 Å². The number of aliphatic hydroxyl groups is 1. The number of phenols is 1. The van der Waals surface area contributed by atoms with E-state index < -0.39 is 15.9 Å². The molecule has 0 aromatic heterocycles. The quantitative estimate of drug-likeness (QED) is 0.669. The van der Waals surface area contributed by atoms with Crippen LogP contribution in [0.2, 0.25) is 0 Å². The van der Waals surface area contributed by atoms with Crippen molar-refractivity contribution in [1.29, 1.82) is 0 Å². The third kappa shape index (κ3) is 6.49. The minimum absolute atomic E-state index is 0.0771. The van der Waals surface area contributed by atoms with Crippen molar-refractivity contribution in [2.24, 2.45) is 0 Å². The predicted molar refractivity (Wildman–Crippen MR) is 99.2 cm³/mol. The maximum atomic E-state index is 11.4. The third-order valence-electron chi connectivity index (χ3n) is 3.95. The molecule has 0 spiro atoms. The van der Waals surface area contributed by atoms with Crippen molar-refractivity contribution >= 4 is 9.84 Å². The highest BCUT2D eigenvalue weighted by Crippen LogP contribution is 2.24. The van der Waals surface area contributed by atoms with Gasteiger partial charge in [-0.3, -0.25) is 0 Å². The molecule has 0 saturated carbocycles. The third-order valence-corrected chi connectivity index (χ3v) is 4.79. The maximum absolute atomic E-state index is 11.4. The fourth-order valence-corrected chi connectivity index (χ4v) is 3.48. The summed E-state index contributed by atoms with van der Waals surface area (Å²) in [5, 5.41) is 23.4. The number of sulfone groups is 1. The fraction of sp³-hybridized carbons (Fsp3) is 0.368. The number of aliphatic hydroxyl groups excluding tert-OH is 1. The van der Waals surface area contributed by atoms with Gasteiger partial charge < -0.3 is 15.5 Å². The molecule has 0 fully saturated rings. The van der Waals surface area contributed by atoms with E-state index in [0.717, 1.165) is 12.7 Å². The van der Waals surface area contributed by atoms with Crippen LogP contribution in [-0.2, 0) is 22.0 Å². The molecule has 2 aromatic rings. The molecule has 136 valence electrons. The summed E-state index contributed by atoms with van der Waals surface area (Å²) in [4.78, 5) is 0. The molecule has 2 rings (SSSR count). The molecule has 2 unspecified atom stereocenters. The van der Waals surface area contributed by atoms with E-state index in [0.29, 0.717) is 17.7 Å². The van der Waals surface area contributed by atoms with E-state index in [9.17, 15) is 18.6 Å². The molecule has 3 N–H and O–H groups in total. The van der Waals surface area contributed by atoms with E-state index in [2.05, 4.69) is 17.4 Å². The number of benzene rings is 2. The van der Waals surface area contributed by atoms with Gasteiger partial charge in [0.05, 0.1) is 11.9 Å². The first kappa shape index (κ1) is 19.4. The van der Waals surface area contributed by atoms with Crippen molar-refractivity contribution in [3.63, 3.8) is 0 Å². The molecule has 6 heteroatoms. The molecule has 5 nitrogen and oxygen atoms in total. The van der Waals surface area contributed by atoms with Crippen LogP contribution in [0.25, 0.3) is 0 Å². The summed E-state index contributed by atoms with van der Waals surface area (Å²) in [6, 6.07) is 14.9. The summed E-state index contributed by atoms with van der Waals surface area (Å²) in [7, 11) is -3.26. The molecule has 0 aliphatic carbocycles. The Hall–Kier alpha value is -1.89. The van der Waals surface area contributed by atoms with Gasteiger partial charge in [0.15, 0.2) is 9.84 Å². The van der Waals surface area contributed by atoms with Gasteiger partial charge in [0.25, 0.3) is 0 Å². The van der Waals surface area contributed by atoms with Crippen LogP contribution in [0.15, 0.2) is 48.5 Å². The monoisotopic (exact) mass is 363 g/mol. The van der Waals surface area contributed by atoms with Crippen molar-refractivity contribution in [1.82, 2.24) is 5.32 Å². The lowest BCUT2D eigenvalue weighted by Crippen LogP contribution is -2.32. The van der Waals surface area contributed by atoms with E-state index in [1.54, 1.807) is 12.1 Å². The van der Waals surface area contributed by atoms with Crippen LogP contribution in [0.4, 0.5) is 0 Å². The molecule has 0 heterocycles. The number of aromatic hydroxyl groups is 1. The lowest BCUT2D eigenvalue weighted by Gasteiger charge is -2.18. The molecule has 0 radical (unpaired) electrons. The maximum Gasteiger partial charge on any atom is 0.151 e. The number of rotatable bonds is 8. The van der Waals surface area contributed by atoms with E-state index >= 15 is 0 Å². The molecule has 2 atom stereocenters. The van der Waals surface area contributed by atoms with Gasteiger partial charge in [-0.1, -0.05) is 36.4 Å². The lowest BCUT2D eigenvalue weighted by atomic mass is 10.0. The number of hydrogen-bond acceptors (Lipinski definition) is 5. The Labute approximate surface area is 149 Å². The minimum Gasteiger partial charge on any atom is -0.508 e. The summed E-state index contributed by atoms with van der Waals surface area (Å²) in [5.74, 6) is -0.330. The average molecular weight is 363 g/mol. The van der Waals surface area contributed by atoms with Crippen molar-refractivity contribution in [3.8, 4) is 5.75 Å². The van der Waals surface area contributed by atoms with Crippen LogP contribution in [0, 0.1) is 0 Å². The van der Waals surface area contributed by atoms with Gasteiger partial charge >= 0.3 is 0 Å². The first-order chi connectivity index (χ1) is 11.7. The number of nitrogens with one attached hydrogen (secondary N) is 1. The predicted octanol–water partition coefficient (Wildman–Crippen LogP) is 2.19. The second kappa shape index (κ2) is 8.47. The van der Waals surface area contributed by atoms with Crippen molar-refractivity contribution < 1.29 is 18.6 Å². The van der Waals surface area contributed by atoms with Gasteiger partial charge in [0, 0.05) is 24.4 Å². The van der Waals surface area contributed by atoms with Gasteiger partial charge in [-0.15, -0.1) is 0 Å². The van der Waals surface area contributed by atoms with E-state index in [1.807, 2.05) is 25.1 Å². The summed E-state index contributed by atoms with van der Waals surface area (Å²) in [6.45, 7) is 2.39. The summed E-state index contributed by atoms with van der Waals surface area (Å²) < 4.78 is 22.9. The minimum atomic E-state index is -3.26. The summed E-state index contributed by atoms with van der Waals surface area (Å²) in [6.07, 6.45) is 1.18. The molecule has 0 aliphatic rings. The van der Waals surface area contributed by atoms with Crippen LogP contribution < -0.4 is 5.32 Å². The molecular formula is C19H25NO4S. The normalized spacial score (nSPS) is 14.2. The van der Waals surface area contributed by atoms with Crippen LogP contribution >= 0.6 is 0 Å². The first-order valence-corrected chi connectivity index (χ1v) is 10.3. The zero-order valence-corrected chi connectivity index (χ0v) is 15.3. The van der Waals surface area contributed by atoms with Crippen molar-refractivity contribution in [3.05, 3.63) is 65.2 Å². The highest BCUT2D eigenvalue weighted by molar-refractivity contribution is 7.89. The van der Waals surface area contributed by atoms with Crippen LogP contribution in [-0.4, -0.2) is 37.5 Å². The molecule has 2 aromatic carbocycles. The van der Waals surface area contributed by atoms with Gasteiger partial charge in [0.2, 0.25) is 0 Å². The Bertz CT molecular complexity index is 790. The van der Waals surface area contributed by atoms with Crippen LogP contribution in [0.3, 0.4) is 0 Å². The van der Waals surface area contributed by atoms with Gasteiger partial charge in [-0.05, 0) is 36.6 Å². The molecule has 25 heavy (non-hydrogen) atoms. The molecule has 0 bridgehead atoms. The number of hydrogen-bond donors (Lipinski definition) is 3. The second-order valence-electron chi connectivity index (χ2n) is 6.47. The van der Waals surface area contributed by atoms with Gasteiger partial charge in [0.1, 0.15) is 5.75 Å². The lowest BCUT2D eigenvalue weighted by molar-refractivity contribution is 0.170. The molecule has 0 aliphatic heterocycles. The Morgan fingerprint density at radius 3 is 2.44 bits per heavy atom. The standard InChI is InChI=1S/C19H25NO4S/c1-14(10-15-6-4-3-5-7-15)20-12-19(22)16-8-9-18(21)17(11-16)13-25(2,23)24/h3-9,11,14,19-22H,10,12-13H2,1-2H3. The Morgan fingerprint density at radius 1 is 1.12 bits per heavy atom. The highest BCUT2D eigenvalue weighted by Gasteiger charge is 2.14. The SMILES string of the molecule is CC(Cc1ccccc1)NCC(O)c1ccc(O)c(CS(C)(=O)=O)c1. The second-order valence-corrected chi connectivity index (χ2v) is 8.61. The molecular weight excluding hydrogens is 338 g/mol. The largest absolute Gasteiger partial charge is 0.508 e. The fourth-order valence-electron chi connectivity index (χ4n) is 2.68. The Morgan fingerprint density at radius 2 is 1.80 bits per heavy atom. The highest BCUT2D eigenvalue weighted by atomic mass is 32.2.